The summed E-state index contributed by atoms with van der Waals surface area (Å²) < 4.78 is 7.15. The highest BCUT2D eigenvalue weighted by Gasteiger charge is 2.23. The number of amides is 1. The highest BCUT2D eigenvalue weighted by Crippen LogP contribution is 2.12. The van der Waals surface area contributed by atoms with Crippen LogP contribution in [0.3, 0.4) is 0 Å². The molecule has 1 aromatic heterocycles. The molecule has 0 aliphatic rings. The van der Waals surface area contributed by atoms with Crippen molar-refractivity contribution >= 4 is 17.6 Å². The quantitative estimate of drug-likeness (QED) is 0.304. The third-order valence-corrected chi connectivity index (χ3v) is 4.57. The van der Waals surface area contributed by atoms with Crippen LogP contribution in [0.2, 0.25) is 0 Å². The molecule has 0 bridgehead atoms. The molecule has 0 aliphatic heterocycles. The summed E-state index contributed by atoms with van der Waals surface area (Å²) in [5.74, 6) is -0.901. The van der Waals surface area contributed by atoms with Gasteiger partial charge in [0.1, 0.15) is 12.6 Å². The van der Waals surface area contributed by atoms with Crippen LogP contribution in [0, 0.1) is 10.1 Å². The van der Waals surface area contributed by atoms with E-state index in [4.69, 9.17) is 4.74 Å². The lowest BCUT2D eigenvalue weighted by Gasteiger charge is -2.18. The Kier molecular flexibility index (Phi) is 7.47. The summed E-state index contributed by atoms with van der Waals surface area (Å²) in [6.45, 7) is 0.610. The van der Waals surface area contributed by atoms with Gasteiger partial charge in [0, 0.05) is 30.9 Å². The van der Waals surface area contributed by atoms with Gasteiger partial charge in [0.25, 0.3) is 5.69 Å². The number of non-ortho nitro benzene ring substituents is 1. The normalized spacial score (nSPS) is 11.5. The zero-order chi connectivity index (χ0) is 22.1. The van der Waals surface area contributed by atoms with E-state index in [0.717, 1.165) is 5.56 Å². The van der Waals surface area contributed by atoms with Gasteiger partial charge >= 0.3 is 5.97 Å². The lowest BCUT2D eigenvalue weighted by atomic mass is 10.1. The Morgan fingerprint density at radius 1 is 1.10 bits per heavy atom. The predicted molar refractivity (Wildman–Crippen MR) is 112 cm³/mol. The van der Waals surface area contributed by atoms with Crippen LogP contribution in [0.25, 0.3) is 0 Å². The summed E-state index contributed by atoms with van der Waals surface area (Å²) in [5.41, 5.74) is 1.44. The second kappa shape index (κ2) is 10.7. The van der Waals surface area contributed by atoms with Crippen molar-refractivity contribution in [2.75, 3.05) is 6.61 Å². The summed E-state index contributed by atoms with van der Waals surface area (Å²) in [6.07, 6.45) is 5.31. The molecular weight excluding hydrogens is 400 g/mol. The number of nitro groups is 1. The number of nitrogens with one attached hydrogen (secondary N) is 1. The van der Waals surface area contributed by atoms with E-state index in [2.05, 4.69) is 10.3 Å². The van der Waals surface area contributed by atoms with Gasteiger partial charge in [0.05, 0.1) is 24.2 Å². The number of carbonyl (C=O) groups is 2. The number of ether oxygens (including phenoxy) is 1. The van der Waals surface area contributed by atoms with Gasteiger partial charge < -0.3 is 14.6 Å². The largest absolute Gasteiger partial charge is 0.462 e. The first-order chi connectivity index (χ1) is 15.0. The average Bonchev–Trinajstić information content (AvgIpc) is 3.28. The first-order valence-corrected chi connectivity index (χ1v) is 9.70. The van der Waals surface area contributed by atoms with Gasteiger partial charge in [-0.3, -0.25) is 14.9 Å². The van der Waals surface area contributed by atoms with Gasteiger partial charge in [0.2, 0.25) is 5.91 Å². The van der Waals surface area contributed by atoms with E-state index in [1.54, 1.807) is 23.3 Å². The molecule has 31 heavy (non-hydrogen) atoms. The molecule has 160 valence electrons. The van der Waals surface area contributed by atoms with Crippen LogP contribution in [-0.4, -0.2) is 39.0 Å². The van der Waals surface area contributed by atoms with Gasteiger partial charge in [-0.2, -0.15) is 0 Å². The summed E-state index contributed by atoms with van der Waals surface area (Å²) in [4.78, 5) is 39.4. The number of rotatable bonds is 10. The van der Waals surface area contributed by atoms with Crippen molar-refractivity contribution < 1.29 is 19.2 Å². The van der Waals surface area contributed by atoms with Crippen LogP contribution in [0.4, 0.5) is 5.69 Å². The summed E-state index contributed by atoms with van der Waals surface area (Å²) >= 11 is 0. The fraction of sp³-hybridized carbons (Fsp3) is 0.227. The van der Waals surface area contributed by atoms with Crippen molar-refractivity contribution in [3.8, 4) is 0 Å². The number of hydrogen-bond acceptors (Lipinski definition) is 6. The Balaban J connectivity index is 1.61. The minimum absolute atomic E-state index is 0.00833. The minimum Gasteiger partial charge on any atom is -0.462 e. The van der Waals surface area contributed by atoms with Crippen LogP contribution in [0.15, 0.2) is 73.3 Å². The maximum atomic E-state index is 12.6. The highest BCUT2D eigenvalue weighted by atomic mass is 16.6. The SMILES string of the molecule is O=C(Cc1ccc([N+](=O)[O-])cc1)N[C@H](Cc1ccccc1)C(=O)OCCn1ccnc1. The van der Waals surface area contributed by atoms with Gasteiger partial charge in [0.15, 0.2) is 0 Å². The van der Waals surface area contributed by atoms with Gasteiger partial charge in [-0.15, -0.1) is 0 Å². The molecule has 1 amide bonds. The monoisotopic (exact) mass is 422 g/mol. The molecule has 9 heteroatoms. The third-order valence-electron chi connectivity index (χ3n) is 4.57. The van der Waals surface area contributed by atoms with Crippen molar-refractivity contribution in [2.45, 2.75) is 25.4 Å². The standard InChI is InChI=1S/C22H22N4O5/c27-21(15-18-6-8-19(9-7-18)26(29)30)24-20(14-17-4-2-1-3-5-17)22(28)31-13-12-25-11-10-23-16-25/h1-11,16,20H,12-15H2,(H,24,27)/t20-/m1/s1. The predicted octanol–water partition coefficient (Wildman–Crippen LogP) is 2.30. The molecule has 0 aliphatic carbocycles. The summed E-state index contributed by atoms with van der Waals surface area (Å²) in [6, 6.07) is 14.2. The number of hydrogen-bond donors (Lipinski definition) is 1. The number of aromatic nitrogens is 2. The molecule has 0 radical (unpaired) electrons. The molecule has 0 fully saturated rings. The summed E-state index contributed by atoms with van der Waals surface area (Å²) in [7, 11) is 0. The molecule has 1 N–H and O–H groups in total. The summed E-state index contributed by atoms with van der Waals surface area (Å²) in [5, 5.41) is 13.5. The molecule has 3 aromatic rings. The lowest BCUT2D eigenvalue weighted by Crippen LogP contribution is -2.44. The van der Waals surface area contributed by atoms with Crippen LogP contribution < -0.4 is 5.32 Å². The zero-order valence-corrected chi connectivity index (χ0v) is 16.7. The fourth-order valence-electron chi connectivity index (χ4n) is 2.98. The van der Waals surface area contributed by atoms with E-state index in [1.807, 2.05) is 30.3 Å². The molecule has 0 saturated heterocycles. The Bertz CT molecular complexity index is 1000. The number of benzene rings is 2. The molecule has 9 nitrogen and oxygen atoms in total. The van der Waals surface area contributed by atoms with Crippen LogP contribution in [0.5, 0.6) is 0 Å². The lowest BCUT2D eigenvalue weighted by molar-refractivity contribution is -0.384. The number of nitro benzene ring substituents is 1. The molecule has 2 aromatic carbocycles. The molecule has 0 spiro atoms. The zero-order valence-electron chi connectivity index (χ0n) is 16.7. The maximum Gasteiger partial charge on any atom is 0.329 e. The van der Waals surface area contributed by atoms with E-state index in [-0.39, 0.29) is 31.0 Å². The van der Waals surface area contributed by atoms with Gasteiger partial charge in [-0.1, -0.05) is 42.5 Å². The molecule has 3 rings (SSSR count). The van der Waals surface area contributed by atoms with E-state index < -0.39 is 16.9 Å². The second-order valence-corrected chi connectivity index (χ2v) is 6.88. The van der Waals surface area contributed by atoms with Crippen LogP contribution in [-0.2, 0) is 33.7 Å². The van der Waals surface area contributed by atoms with Crippen LogP contribution in [0.1, 0.15) is 11.1 Å². The van der Waals surface area contributed by atoms with Crippen LogP contribution >= 0.6 is 0 Å². The van der Waals surface area contributed by atoms with E-state index >= 15 is 0 Å². The van der Waals surface area contributed by atoms with E-state index in [1.165, 1.54) is 24.3 Å². The van der Waals surface area contributed by atoms with Gasteiger partial charge in [-0.05, 0) is 11.1 Å². The topological polar surface area (TPSA) is 116 Å². The van der Waals surface area contributed by atoms with E-state index in [0.29, 0.717) is 12.1 Å². The fourth-order valence-corrected chi connectivity index (χ4v) is 2.98. The molecule has 1 heterocycles. The molecular formula is C22H22N4O5. The first kappa shape index (κ1) is 21.7. The molecule has 0 unspecified atom stereocenters. The molecule has 1 atom stereocenters. The average molecular weight is 422 g/mol. The number of imidazole rings is 1. The second-order valence-electron chi connectivity index (χ2n) is 6.88. The number of nitrogens with zero attached hydrogens (tertiary/aromatic N) is 3. The van der Waals surface area contributed by atoms with Crippen molar-refractivity contribution in [1.82, 2.24) is 14.9 Å². The van der Waals surface area contributed by atoms with Crippen molar-refractivity contribution in [3.05, 3.63) is 94.6 Å². The maximum absolute atomic E-state index is 12.6. The minimum atomic E-state index is -0.851. The van der Waals surface area contributed by atoms with Gasteiger partial charge in [-0.25, -0.2) is 9.78 Å². The van der Waals surface area contributed by atoms with E-state index in [9.17, 15) is 19.7 Å². The Morgan fingerprint density at radius 2 is 1.84 bits per heavy atom. The van der Waals surface area contributed by atoms with Crippen molar-refractivity contribution in [3.63, 3.8) is 0 Å². The Morgan fingerprint density at radius 3 is 2.48 bits per heavy atom. The van der Waals surface area contributed by atoms with Crippen molar-refractivity contribution in [1.29, 1.82) is 0 Å². The highest BCUT2D eigenvalue weighted by molar-refractivity contribution is 5.85. The number of esters is 1. The first-order valence-electron chi connectivity index (χ1n) is 9.70. The molecule has 0 saturated carbocycles. The smallest absolute Gasteiger partial charge is 0.329 e. The third kappa shape index (κ3) is 6.77. The number of carbonyl (C=O) groups excluding carboxylic acids is 2. The Hall–Kier alpha value is -4.01. The Labute approximate surface area is 178 Å². The van der Waals surface area contributed by atoms with Crippen molar-refractivity contribution in [2.24, 2.45) is 0 Å².